The number of imide groups is 1. The maximum Gasteiger partial charge on any atom is 0.328 e. The van der Waals surface area contributed by atoms with E-state index in [9.17, 15) is 19.2 Å². The summed E-state index contributed by atoms with van der Waals surface area (Å²) in [6.45, 7) is 1.68. The number of hydrogen-bond acceptors (Lipinski definition) is 5. The molecule has 0 aromatic heterocycles. The Morgan fingerprint density at radius 3 is 2.62 bits per heavy atom. The fraction of sp³-hybridized carbons (Fsp3) is 0.379. The Kier molecular flexibility index (Phi) is 6.55. The standard InChI is InChI=1S/C29H28ClN5O5/c1-2-17-3-6-23(40-19-8-12-34(13-9-19)28(39)35-14-11-31-27(35)38)20(15-17)25-29(10-7-24(36)33-25)21-5-4-18(30)16-22(21)32-26(29)37/h1,3-6,15-16,19,25H,7-14H2,(H,31,38)(H,32,37)(H,33,36)/t25-,29-/m1/s1. The summed E-state index contributed by atoms with van der Waals surface area (Å²) < 4.78 is 6.49. The third-order valence-electron chi connectivity index (χ3n) is 8.24. The molecule has 3 N–H and O–H groups in total. The van der Waals surface area contributed by atoms with E-state index in [2.05, 4.69) is 21.9 Å². The lowest BCUT2D eigenvalue weighted by Crippen LogP contribution is -2.52. The normalized spacial score (nSPS) is 24.3. The number of nitrogens with zero attached hydrogens (tertiary/aromatic N) is 2. The lowest BCUT2D eigenvalue weighted by molar-refractivity contribution is -0.130. The molecule has 1 spiro atoms. The fourth-order valence-corrected chi connectivity index (χ4v) is 6.37. The van der Waals surface area contributed by atoms with Gasteiger partial charge in [-0.05, 0) is 42.3 Å². The summed E-state index contributed by atoms with van der Waals surface area (Å²) in [5.74, 6) is 2.78. The molecule has 40 heavy (non-hydrogen) atoms. The number of halogens is 1. The van der Waals surface area contributed by atoms with Crippen molar-refractivity contribution in [2.75, 3.05) is 31.5 Å². The number of urea groups is 2. The van der Waals surface area contributed by atoms with Crippen LogP contribution in [-0.2, 0) is 15.0 Å². The van der Waals surface area contributed by atoms with E-state index < -0.39 is 11.5 Å². The van der Waals surface area contributed by atoms with Crippen molar-refractivity contribution < 1.29 is 23.9 Å². The number of piperidine rings is 2. The van der Waals surface area contributed by atoms with Crippen LogP contribution in [0.5, 0.6) is 5.75 Å². The minimum Gasteiger partial charge on any atom is -0.490 e. The molecule has 0 aliphatic carbocycles. The predicted octanol–water partition coefficient (Wildman–Crippen LogP) is 3.15. The second kappa shape index (κ2) is 10.1. The Morgan fingerprint density at radius 1 is 1.10 bits per heavy atom. The first-order valence-electron chi connectivity index (χ1n) is 13.3. The molecule has 206 valence electrons. The fourth-order valence-electron chi connectivity index (χ4n) is 6.19. The van der Waals surface area contributed by atoms with E-state index in [0.29, 0.717) is 73.0 Å². The van der Waals surface area contributed by atoms with Gasteiger partial charge >= 0.3 is 12.1 Å². The number of likely N-dealkylation sites (tertiary alicyclic amines) is 1. The van der Waals surface area contributed by atoms with Crippen LogP contribution in [0.3, 0.4) is 0 Å². The van der Waals surface area contributed by atoms with Gasteiger partial charge in [0.1, 0.15) is 17.3 Å². The summed E-state index contributed by atoms with van der Waals surface area (Å²) in [4.78, 5) is 54.0. The van der Waals surface area contributed by atoms with Crippen LogP contribution in [0.15, 0.2) is 36.4 Å². The average molecular weight is 562 g/mol. The van der Waals surface area contributed by atoms with Gasteiger partial charge in [-0.3, -0.25) is 9.59 Å². The molecular weight excluding hydrogens is 534 g/mol. The molecule has 2 aromatic carbocycles. The molecule has 3 fully saturated rings. The summed E-state index contributed by atoms with van der Waals surface area (Å²) >= 11 is 6.21. The third-order valence-corrected chi connectivity index (χ3v) is 8.48. The first kappa shape index (κ1) is 26.0. The van der Waals surface area contributed by atoms with Gasteiger partial charge in [0.25, 0.3) is 0 Å². The van der Waals surface area contributed by atoms with Crippen molar-refractivity contribution in [2.24, 2.45) is 0 Å². The smallest absolute Gasteiger partial charge is 0.328 e. The van der Waals surface area contributed by atoms with Gasteiger partial charge in [0, 0.05) is 67.3 Å². The first-order valence-corrected chi connectivity index (χ1v) is 13.7. The number of ether oxygens (including phenoxy) is 1. The molecule has 0 radical (unpaired) electrons. The van der Waals surface area contributed by atoms with Crippen LogP contribution < -0.4 is 20.7 Å². The number of carbonyl (C=O) groups is 4. The van der Waals surface area contributed by atoms with E-state index >= 15 is 0 Å². The quantitative estimate of drug-likeness (QED) is 0.497. The molecule has 10 nitrogen and oxygen atoms in total. The molecular formula is C29H28ClN5O5. The van der Waals surface area contributed by atoms with E-state index in [4.69, 9.17) is 22.8 Å². The van der Waals surface area contributed by atoms with Gasteiger partial charge < -0.3 is 25.6 Å². The highest BCUT2D eigenvalue weighted by atomic mass is 35.5. The molecule has 0 saturated carbocycles. The molecule has 4 heterocycles. The number of hydrogen-bond donors (Lipinski definition) is 3. The summed E-state index contributed by atoms with van der Waals surface area (Å²) in [6.07, 6.45) is 7.14. The van der Waals surface area contributed by atoms with Crippen LogP contribution in [0.1, 0.15) is 48.4 Å². The third kappa shape index (κ3) is 4.31. The van der Waals surface area contributed by atoms with Crippen LogP contribution >= 0.6 is 11.6 Å². The maximum atomic E-state index is 13.6. The van der Waals surface area contributed by atoms with E-state index in [1.807, 2.05) is 6.07 Å². The first-order chi connectivity index (χ1) is 19.3. The van der Waals surface area contributed by atoms with Crippen LogP contribution in [0.2, 0.25) is 5.02 Å². The number of terminal acetylenes is 1. The van der Waals surface area contributed by atoms with Gasteiger partial charge in [0.2, 0.25) is 11.8 Å². The molecule has 6 amide bonds. The lowest BCUT2D eigenvalue weighted by atomic mass is 9.67. The topological polar surface area (TPSA) is 120 Å². The monoisotopic (exact) mass is 561 g/mol. The number of fused-ring (bicyclic) bond motifs is 2. The van der Waals surface area contributed by atoms with Gasteiger partial charge in [0.05, 0.1) is 6.04 Å². The van der Waals surface area contributed by atoms with Crippen molar-refractivity contribution in [3.63, 3.8) is 0 Å². The Balaban J connectivity index is 1.29. The largest absolute Gasteiger partial charge is 0.490 e. The number of anilines is 1. The Hall–Kier alpha value is -4.23. The Bertz CT molecular complexity index is 1460. The molecule has 11 heteroatoms. The van der Waals surface area contributed by atoms with Crippen molar-refractivity contribution in [3.8, 4) is 18.1 Å². The molecule has 4 aliphatic heterocycles. The molecule has 0 unspecified atom stereocenters. The van der Waals surface area contributed by atoms with Crippen molar-refractivity contribution in [2.45, 2.75) is 43.2 Å². The van der Waals surface area contributed by atoms with Gasteiger partial charge in [-0.2, -0.15) is 0 Å². The zero-order chi connectivity index (χ0) is 28.0. The summed E-state index contributed by atoms with van der Waals surface area (Å²) in [6, 6.07) is 9.23. The van der Waals surface area contributed by atoms with Gasteiger partial charge in [0.15, 0.2) is 0 Å². The number of amides is 6. The Labute approximate surface area is 236 Å². The Morgan fingerprint density at radius 2 is 1.90 bits per heavy atom. The van der Waals surface area contributed by atoms with E-state index in [-0.39, 0.29) is 36.4 Å². The van der Waals surface area contributed by atoms with Crippen LogP contribution in [-0.4, -0.2) is 66.0 Å². The number of rotatable bonds is 3. The van der Waals surface area contributed by atoms with Crippen molar-refractivity contribution >= 4 is 41.2 Å². The molecule has 4 aliphatic rings. The molecule has 3 saturated heterocycles. The summed E-state index contributed by atoms with van der Waals surface area (Å²) in [7, 11) is 0. The average Bonchev–Trinajstić information content (AvgIpc) is 3.50. The molecule has 0 bridgehead atoms. The minimum absolute atomic E-state index is 0.166. The molecule has 2 atom stereocenters. The second-order valence-electron chi connectivity index (χ2n) is 10.5. The summed E-state index contributed by atoms with van der Waals surface area (Å²) in [5, 5.41) is 9.17. The van der Waals surface area contributed by atoms with E-state index in [1.165, 1.54) is 4.90 Å². The number of benzene rings is 2. The van der Waals surface area contributed by atoms with Crippen molar-refractivity contribution in [1.82, 2.24) is 20.4 Å². The SMILES string of the molecule is C#Cc1ccc(OC2CCN(C(=O)N3CCNC3=O)CC2)c([C@H]2NC(=O)CC[C@]23C(=O)Nc2cc(Cl)ccc23)c1. The van der Waals surface area contributed by atoms with Crippen LogP contribution in [0.25, 0.3) is 0 Å². The number of nitrogens with one attached hydrogen (secondary N) is 3. The van der Waals surface area contributed by atoms with Crippen molar-refractivity contribution in [3.05, 3.63) is 58.1 Å². The van der Waals surface area contributed by atoms with Gasteiger partial charge in [-0.25, -0.2) is 14.5 Å². The maximum absolute atomic E-state index is 13.6. The van der Waals surface area contributed by atoms with Crippen molar-refractivity contribution in [1.29, 1.82) is 0 Å². The lowest BCUT2D eigenvalue weighted by Gasteiger charge is -2.41. The van der Waals surface area contributed by atoms with E-state index in [0.717, 1.165) is 5.56 Å². The van der Waals surface area contributed by atoms with E-state index in [1.54, 1.807) is 35.2 Å². The second-order valence-corrected chi connectivity index (χ2v) is 10.9. The molecule has 6 rings (SSSR count). The van der Waals surface area contributed by atoms with Crippen LogP contribution in [0.4, 0.5) is 15.3 Å². The minimum atomic E-state index is -1.06. The van der Waals surface area contributed by atoms with Gasteiger partial charge in [-0.1, -0.05) is 23.6 Å². The van der Waals surface area contributed by atoms with Gasteiger partial charge in [-0.15, -0.1) is 6.42 Å². The highest BCUT2D eigenvalue weighted by molar-refractivity contribution is 6.31. The molecule has 2 aromatic rings. The summed E-state index contributed by atoms with van der Waals surface area (Å²) in [5.41, 5.74) is 1.54. The van der Waals surface area contributed by atoms with Crippen LogP contribution in [0, 0.1) is 12.3 Å². The zero-order valence-corrected chi connectivity index (χ0v) is 22.4. The highest BCUT2D eigenvalue weighted by Crippen LogP contribution is 2.53. The highest BCUT2D eigenvalue weighted by Gasteiger charge is 2.56. The predicted molar refractivity (Wildman–Crippen MR) is 147 cm³/mol. The number of carbonyl (C=O) groups excluding carboxylic acids is 4. The zero-order valence-electron chi connectivity index (χ0n) is 21.7.